The monoisotopic (exact) mass is 1090 g/mol. The number of aromatic nitrogens is 6. The molecule has 0 aliphatic carbocycles. The number of nitrogen functional groups attached to an aromatic ring is 2. The summed E-state index contributed by atoms with van der Waals surface area (Å²) in [6, 6.07) is 17.1. The topological polar surface area (TPSA) is 205 Å². The normalized spacial score (nSPS) is 15.0. The second-order valence-corrected chi connectivity index (χ2v) is 19.1. The molecule has 4 aromatic carbocycles. The van der Waals surface area contributed by atoms with Crippen LogP contribution in [-0.4, -0.2) is 74.0 Å². The second kappa shape index (κ2) is 22.5. The number of benzene rings is 4. The van der Waals surface area contributed by atoms with E-state index in [2.05, 4.69) is 51.2 Å². The largest absolute Gasteiger partial charge is 0.516 e. The summed E-state index contributed by atoms with van der Waals surface area (Å²) < 4.78 is 42.6. The summed E-state index contributed by atoms with van der Waals surface area (Å²) in [5.41, 5.74) is 17.0. The zero-order valence-corrected chi connectivity index (χ0v) is 42.1. The predicted octanol–water partition coefficient (Wildman–Crippen LogP) is 10.5. The molecular weight excluding hydrogens is 1040 g/mol. The van der Waals surface area contributed by atoms with Gasteiger partial charge in [0.1, 0.15) is 34.7 Å². The number of nitrogens with two attached hydrogens (primary N) is 2. The Balaban J connectivity index is 0.000000145. The molecule has 0 spiro atoms. The summed E-state index contributed by atoms with van der Waals surface area (Å²) >= 11 is 21.8. The standard InChI is InChI=1S/C19H13ClFN3O2.C12H10ClN3O.C10H16BN3O2.C8H6BrClO.CH4/c20-14-7-11-5-6-26-17(11)8-13(14)16-9-23-18(10-22-16)24-19(25)12-3-1-2-4-15(12)21;13-9-3-7-1-2-17-11(7)4-8(9)10-5-16-12(14)6-15-10;1-9(2)10(3,4)16-11(15-9)7-5-14-8(12)6-13-7;9-6-4-8-5(1-2-11-8)3-7(6)10;/h1-4,7-10H,5-6H2,(H,23,24,25);3-6H,1-2H2,(H2,14,16);5-6H,1-4H3,(H2,12,14);3-4H,1-2H2;1H4. The lowest BCUT2D eigenvalue weighted by atomic mass is 9.85. The van der Waals surface area contributed by atoms with Crippen LogP contribution in [0.4, 0.5) is 21.8 Å². The zero-order valence-electron chi connectivity index (χ0n) is 38.2. The summed E-state index contributed by atoms with van der Waals surface area (Å²) in [6.45, 7) is 10.1. The molecular formula is C50H49BBrCl3FN9O6. The van der Waals surface area contributed by atoms with Crippen LogP contribution >= 0.6 is 50.7 Å². The first-order chi connectivity index (χ1) is 33.4. The first-order valence-electron chi connectivity index (χ1n) is 21.8. The van der Waals surface area contributed by atoms with Gasteiger partial charge in [-0.3, -0.25) is 19.7 Å². The van der Waals surface area contributed by atoms with Gasteiger partial charge in [0.2, 0.25) is 0 Å². The van der Waals surface area contributed by atoms with Crippen LogP contribution in [0.1, 0.15) is 62.2 Å². The van der Waals surface area contributed by atoms with Crippen LogP contribution in [0.15, 0.2) is 102 Å². The van der Waals surface area contributed by atoms with Crippen LogP contribution in [0.5, 0.6) is 17.2 Å². The van der Waals surface area contributed by atoms with Crippen molar-refractivity contribution in [2.45, 2.75) is 65.6 Å². The molecule has 0 radical (unpaired) electrons. The van der Waals surface area contributed by atoms with E-state index in [1.807, 2.05) is 64.1 Å². The number of anilines is 3. The number of nitrogens with one attached hydrogen (secondary N) is 1. The third-order valence-corrected chi connectivity index (χ3v) is 13.5. The molecule has 3 aromatic heterocycles. The fourth-order valence-electron chi connectivity index (χ4n) is 7.22. The number of nitrogens with zero attached hydrogens (tertiary/aromatic N) is 6. The number of hydrogen-bond donors (Lipinski definition) is 3. The van der Waals surface area contributed by atoms with Crippen molar-refractivity contribution in [1.29, 1.82) is 0 Å². The number of ether oxygens (including phenoxy) is 3. The molecule has 1 amide bonds. The van der Waals surface area contributed by atoms with Crippen molar-refractivity contribution in [2.24, 2.45) is 0 Å². The van der Waals surface area contributed by atoms with E-state index in [9.17, 15) is 9.18 Å². The van der Waals surface area contributed by atoms with Gasteiger partial charge < -0.3 is 40.3 Å². The third-order valence-electron chi connectivity index (χ3n) is 11.7. The van der Waals surface area contributed by atoms with Crippen LogP contribution in [0.2, 0.25) is 15.1 Å². The second-order valence-electron chi connectivity index (χ2n) is 17.1. The molecule has 7 aromatic rings. The Kier molecular flexibility index (Phi) is 16.7. The Morgan fingerprint density at radius 1 is 0.648 bits per heavy atom. The van der Waals surface area contributed by atoms with Gasteiger partial charge in [0.05, 0.1) is 99.6 Å². The maximum absolute atomic E-state index is 13.7. The van der Waals surface area contributed by atoms with Crippen molar-refractivity contribution >= 4 is 86.8 Å². The molecule has 368 valence electrons. The summed E-state index contributed by atoms with van der Waals surface area (Å²) in [4.78, 5) is 36.9. The summed E-state index contributed by atoms with van der Waals surface area (Å²) in [5, 5.41) is 4.50. The minimum absolute atomic E-state index is 0. The fraction of sp³-hybridized carbons (Fsp3) is 0.260. The van der Waals surface area contributed by atoms with Crippen molar-refractivity contribution in [1.82, 2.24) is 29.9 Å². The van der Waals surface area contributed by atoms with Gasteiger partial charge in [-0.2, -0.15) is 0 Å². The summed E-state index contributed by atoms with van der Waals surface area (Å²) in [7, 11) is -0.474. The van der Waals surface area contributed by atoms with Gasteiger partial charge in [-0.25, -0.2) is 19.3 Å². The maximum Gasteiger partial charge on any atom is 0.516 e. The average Bonchev–Trinajstić information content (AvgIpc) is 4.14. The van der Waals surface area contributed by atoms with Gasteiger partial charge in [0, 0.05) is 41.1 Å². The predicted molar refractivity (Wildman–Crippen MR) is 279 cm³/mol. The van der Waals surface area contributed by atoms with Crippen molar-refractivity contribution in [2.75, 3.05) is 36.6 Å². The number of carbonyl (C=O) groups excluding carboxylic acids is 1. The van der Waals surface area contributed by atoms with Crippen molar-refractivity contribution < 1.29 is 32.7 Å². The maximum atomic E-state index is 13.7. The molecule has 71 heavy (non-hydrogen) atoms. The molecule has 21 heteroatoms. The molecule has 0 atom stereocenters. The average molecular weight is 1090 g/mol. The van der Waals surface area contributed by atoms with E-state index >= 15 is 0 Å². The minimum Gasteiger partial charge on any atom is -0.493 e. The first-order valence-corrected chi connectivity index (χ1v) is 23.8. The van der Waals surface area contributed by atoms with Crippen molar-refractivity contribution in [3.05, 3.63) is 145 Å². The lowest BCUT2D eigenvalue weighted by molar-refractivity contribution is 0.00578. The number of carbonyl (C=O) groups is 1. The minimum atomic E-state index is -0.598. The van der Waals surface area contributed by atoms with E-state index in [1.54, 1.807) is 18.5 Å². The molecule has 0 unspecified atom stereocenters. The Morgan fingerprint density at radius 2 is 1.13 bits per heavy atom. The highest BCUT2D eigenvalue weighted by molar-refractivity contribution is 9.10. The number of halogens is 5. The van der Waals surface area contributed by atoms with Crippen LogP contribution in [-0.2, 0) is 28.6 Å². The highest BCUT2D eigenvalue weighted by atomic mass is 79.9. The molecule has 7 heterocycles. The molecule has 11 rings (SSSR count). The first kappa shape index (κ1) is 52.7. The Bertz CT molecular complexity index is 2990. The van der Waals surface area contributed by atoms with Crippen LogP contribution < -0.4 is 36.6 Å². The Morgan fingerprint density at radius 3 is 1.61 bits per heavy atom. The highest BCUT2D eigenvalue weighted by Gasteiger charge is 2.52. The van der Waals surface area contributed by atoms with Gasteiger partial charge in [-0.1, -0.05) is 54.4 Å². The smallest absolute Gasteiger partial charge is 0.493 e. The van der Waals surface area contributed by atoms with E-state index in [0.29, 0.717) is 57.4 Å². The van der Waals surface area contributed by atoms with E-state index < -0.39 is 18.8 Å². The lowest BCUT2D eigenvalue weighted by Crippen LogP contribution is -2.41. The number of hydrogen-bond acceptors (Lipinski definition) is 14. The Labute approximate surface area is 434 Å². The highest BCUT2D eigenvalue weighted by Crippen LogP contribution is 2.39. The quantitative estimate of drug-likeness (QED) is 0.137. The van der Waals surface area contributed by atoms with Crippen LogP contribution in [0.3, 0.4) is 0 Å². The number of rotatable bonds is 5. The van der Waals surface area contributed by atoms with E-state index in [4.69, 9.17) is 69.8 Å². The SMILES string of the molecule is C.CC1(C)OB(c2cnc(N)cn2)OC1(C)C.Clc1cc2c(cc1Br)OCC2.Nc1cnc(-c2cc3c(cc2Cl)CCO3)cn1.O=C(Nc1cnc(-c2cc3c(cc2Cl)CCO3)cn1)c1ccccc1F. The van der Waals surface area contributed by atoms with Crippen LogP contribution in [0, 0.1) is 5.82 Å². The summed E-state index contributed by atoms with van der Waals surface area (Å²) in [6.07, 6.45) is 11.8. The van der Waals surface area contributed by atoms with Gasteiger partial charge in [0.15, 0.2) is 5.82 Å². The fourth-order valence-corrected chi connectivity index (χ4v) is 8.30. The van der Waals surface area contributed by atoms with Gasteiger partial charge in [-0.15, -0.1) is 0 Å². The van der Waals surface area contributed by atoms with Gasteiger partial charge in [0.25, 0.3) is 5.91 Å². The van der Waals surface area contributed by atoms with Crippen molar-refractivity contribution in [3.8, 4) is 39.8 Å². The van der Waals surface area contributed by atoms with E-state index in [-0.39, 0.29) is 30.0 Å². The molecule has 4 aliphatic rings. The number of amides is 1. The molecule has 15 nitrogen and oxygen atoms in total. The lowest BCUT2D eigenvalue weighted by Gasteiger charge is -2.32. The molecule has 5 N–H and O–H groups in total. The van der Waals surface area contributed by atoms with Gasteiger partial charge in [-0.05, 0) is 109 Å². The zero-order chi connectivity index (χ0) is 49.7. The Hall–Kier alpha value is -6.15. The third kappa shape index (κ3) is 12.5. The molecule has 0 bridgehead atoms. The van der Waals surface area contributed by atoms with Crippen molar-refractivity contribution in [3.63, 3.8) is 0 Å². The summed E-state index contributed by atoms with van der Waals surface area (Å²) in [5.74, 6) is 2.44. The van der Waals surface area contributed by atoms with E-state index in [1.165, 1.54) is 48.5 Å². The van der Waals surface area contributed by atoms with Gasteiger partial charge >= 0.3 is 7.12 Å². The molecule has 0 saturated carbocycles. The van der Waals surface area contributed by atoms with Crippen LogP contribution in [0.25, 0.3) is 22.5 Å². The number of fused-ring (bicyclic) bond motifs is 3. The molecule has 4 aliphatic heterocycles. The molecule has 1 saturated heterocycles. The van der Waals surface area contributed by atoms with E-state index in [0.717, 1.165) is 69.3 Å². The molecule has 1 fully saturated rings.